The second kappa shape index (κ2) is 8.95. The molecule has 0 amide bonds. The van der Waals surface area contributed by atoms with Crippen LogP contribution in [0.3, 0.4) is 0 Å². The van der Waals surface area contributed by atoms with E-state index in [1.807, 2.05) is 0 Å². The standard InChI is InChI=1S/C4H6O4S.C3H8O2/c5-2(4(8)9)1-3(6)7;1-3(5)2-4/h2,5H,1H2,(H,6,7)(H,8,9);3-5H,2H2,1H3. The van der Waals surface area contributed by atoms with Gasteiger partial charge in [-0.2, -0.15) is 0 Å². The molecule has 6 nitrogen and oxygen atoms in total. The average Bonchev–Trinajstić information content (AvgIpc) is 2.04. The minimum absolute atomic E-state index is 0.139. The van der Waals surface area contributed by atoms with E-state index in [9.17, 15) is 9.59 Å². The van der Waals surface area contributed by atoms with Crippen LogP contribution in [-0.4, -0.2) is 50.3 Å². The van der Waals surface area contributed by atoms with Crippen LogP contribution in [0.2, 0.25) is 0 Å². The zero-order chi connectivity index (χ0) is 11.7. The zero-order valence-corrected chi connectivity index (χ0v) is 8.52. The molecule has 0 saturated carbocycles. The second-order valence-corrected chi connectivity index (χ2v) is 2.92. The lowest BCUT2D eigenvalue weighted by atomic mass is 10.3. The van der Waals surface area contributed by atoms with Crippen LogP contribution in [0.25, 0.3) is 0 Å². The van der Waals surface area contributed by atoms with Gasteiger partial charge in [0.25, 0.3) is 0 Å². The van der Waals surface area contributed by atoms with Gasteiger partial charge in [0, 0.05) is 0 Å². The van der Waals surface area contributed by atoms with E-state index in [0.717, 1.165) is 0 Å². The fourth-order valence-corrected chi connectivity index (χ4v) is 0.344. The maximum absolute atomic E-state index is 10.0. The lowest BCUT2D eigenvalue weighted by molar-refractivity contribution is -0.141. The smallest absolute Gasteiger partial charge is 0.306 e. The van der Waals surface area contributed by atoms with Crippen molar-refractivity contribution in [1.29, 1.82) is 0 Å². The van der Waals surface area contributed by atoms with E-state index in [2.05, 4.69) is 12.6 Å². The number of thiol groups is 1. The van der Waals surface area contributed by atoms with Gasteiger partial charge in [-0.25, -0.2) is 0 Å². The third-order valence-electron chi connectivity index (χ3n) is 0.917. The quantitative estimate of drug-likeness (QED) is 0.378. The van der Waals surface area contributed by atoms with Gasteiger partial charge in [0.1, 0.15) is 6.10 Å². The van der Waals surface area contributed by atoms with Crippen molar-refractivity contribution in [2.45, 2.75) is 25.6 Å². The number of aliphatic hydroxyl groups excluding tert-OH is 3. The Morgan fingerprint density at radius 3 is 1.79 bits per heavy atom. The summed E-state index contributed by atoms with van der Waals surface area (Å²) in [6.45, 7) is 1.39. The van der Waals surface area contributed by atoms with Crippen LogP contribution < -0.4 is 0 Å². The summed E-state index contributed by atoms with van der Waals surface area (Å²) >= 11 is 3.22. The number of aliphatic hydroxyl groups is 3. The number of carboxylic acids is 1. The normalized spacial score (nSPS) is 13.5. The number of rotatable bonds is 4. The van der Waals surface area contributed by atoms with E-state index in [-0.39, 0.29) is 6.61 Å². The van der Waals surface area contributed by atoms with Crippen molar-refractivity contribution in [1.82, 2.24) is 0 Å². The molecule has 0 heterocycles. The van der Waals surface area contributed by atoms with E-state index < -0.39 is 29.7 Å². The predicted octanol–water partition coefficient (Wildman–Crippen LogP) is -1.36. The molecule has 2 unspecified atom stereocenters. The summed E-state index contributed by atoms with van der Waals surface area (Å²) in [5.74, 6) is -1.22. The van der Waals surface area contributed by atoms with E-state index >= 15 is 0 Å². The van der Waals surface area contributed by atoms with Gasteiger partial charge in [0.2, 0.25) is 5.12 Å². The maximum Gasteiger partial charge on any atom is 0.306 e. The second-order valence-electron chi connectivity index (χ2n) is 2.48. The third kappa shape index (κ3) is 13.9. The lowest BCUT2D eigenvalue weighted by Crippen LogP contribution is -2.19. The van der Waals surface area contributed by atoms with Gasteiger partial charge in [-0.3, -0.25) is 9.59 Å². The molecular weight excluding hydrogens is 212 g/mol. The highest BCUT2D eigenvalue weighted by molar-refractivity contribution is 7.96. The average molecular weight is 226 g/mol. The van der Waals surface area contributed by atoms with Crippen molar-refractivity contribution in [2.24, 2.45) is 0 Å². The SMILES string of the molecule is CC(O)CO.O=C(O)CC(O)C(=O)S. The molecule has 0 aliphatic carbocycles. The van der Waals surface area contributed by atoms with Crippen molar-refractivity contribution in [3.8, 4) is 0 Å². The lowest BCUT2D eigenvalue weighted by Gasteiger charge is -1.98. The summed E-state index contributed by atoms with van der Waals surface area (Å²) in [4.78, 5) is 19.8. The predicted molar refractivity (Wildman–Crippen MR) is 51.0 cm³/mol. The molecule has 0 aromatic heterocycles. The molecule has 2 atom stereocenters. The summed E-state index contributed by atoms with van der Waals surface area (Å²) in [7, 11) is 0. The Hall–Kier alpha value is -0.630. The summed E-state index contributed by atoms with van der Waals surface area (Å²) in [5.41, 5.74) is 0. The summed E-state index contributed by atoms with van der Waals surface area (Å²) in [5, 5.41) is 31.7. The number of hydrogen-bond donors (Lipinski definition) is 5. The molecule has 0 bridgehead atoms. The van der Waals surface area contributed by atoms with Gasteiger partial charge in [-0.05, 0) is 6.92 Å². The summed E-state index contributed by atoms with van der Waals surface area (Å²) in [6.07, 6.45) is -2.62. The molecule has 0 aliphatic rings. The summed E-state index contributed by atoms with van der Waals surface area (Å²) in [6, 6.07) is 0. The highest BCUT2D eigenvalue weighted by Crippen LogP contribution is 1.95. The van der Waals surface area contributed by atoms with Gasteiger partial charge in [0.15, 0.2) is 0 Å². The number of carbonyl (C=O) groups excluding carboxylic acids is 1. The molecule has 0 aliphatic heterocycles. The zero-order valence-electron chi connectivity index (χ0n) is 7.62. The monoisotopic (exact) mass is 226 g/mol. The molecule has 0 aromatic rings. The Morgan fingerprint density at radius 1 is 1.36 bits per heavy atom. The largest absolute Gasteiger partial charge is 0.481 e. The first-order valence-electron chi connectivity index (χ1n) is 3.72. The topological polar surface area (TPSA) is 115 Å². The molecule has 4 N–H and O–H groups in total. The third-order valence-corrected chi connectivity index (χ3v) is 1.22. The Bertz CT molecular complexity index is 181. The molecule has 84 valence electrons. The van der Waals surface area contributed by atoms with Crippen LogP contribution >= 0.6 is 12.6 Å². The van der Waals surface area contributed by atoms with Crippen LogP contribution in [0.1, 0.15) is 13.3 Å². The molecule has 0 aromatic carbocycles. The first kappa shape index (κ1) is 15.8. The van der Waals surface area contributed by atoms with E-state index in [4.69, 9.17) is 20.4 Å². The van der Waals surface area contributed by atoms with E-state index in [0.29, 0.717) is 0 Å². The molecule has 14 heavy (non-hydrogen) atoms. The first-order chi connectivity index (χ1) is 6.31. The van der Waals surface area contributed by atoms with Crippen LogP contribution in [0.15, 0.2) is 0 Å². The van der Waals surface area contributed by atoms with Crippen molar-refractivity contribution in [3.63, 3.8) is 0 Å². The van der Waals surface area contributed by atoms with Crippen molar-refractivity contribution in [3.05, 3.63) is 0 Å². The van der Waals surface area contributed by atoms with Gasteiger partial charge in [0.05, 0.1) is 19.1 Å². The number of carboxylic acid groups (broad SMARTS) is 1. The summed E-state index contributed by atoms with van der Waals surface area (Å²) < 4.78 is 0. The van der Waals surface area contributed by atoms with Gasteiger partial charge < -0.3 is 20.4 Å². The molecule has 0 fully saturated rings. The van der Waals surface area contributed by atoms with Crippen molar-refractivity contribution >= 4 is 23.7 Å². The highest BCUT2D eigenvalue weighted by atomic mass is 32.1. The molecule has 0 saturated heterocycles. The van der Waals surface area contributed by atoms with Gasteiger partial charge in [-0.15, -0.1) is 12.6 Å². The highest BCUT2D eigenvalue weighted by Gasteiger charge is 2.13. The molecule has 0 rings (SSSR count). The van der Waals surface area contributed by atoms with E-state index in [1.165, 1.54) is 6.92 Å². The minimum Gasteiger partial charge on any atom is -0.481 e. The minimum atomic E-state index is -1.48. The fraction of sp³-hybridized carbons (Fsp3) is 0.714. The van der Waals surface area contributed by atoms with Gasteiger partial charge in [-0.1, -0.05) is 0 Å². The molecule has 0 spiro atoms. The van der Waals surface area contributed by atoms with E-state index in [1.54, 1.807) is 0 Å². The van der Waals surface area contributed by atoms with Crippen LogP contribution in [0, 0.1) is 0 Å². The van der Waals surface area contributed by atoms with Gasteiger partial charge >= 0.3 is 5.97 Å². The Kier molecular flexibility index (Phi) is 10.1. The number of hydrogen-bond acceptors (Lipinski definition) is 5. The fourth-order valence-electron chi connectivity index (χ4n) is 0.253. The van der Waals surface area contributed by atoms with Crippen molar-refractivity contribution < 1.29 is 30.0 Å². The van der Waals surface area contributed by atoms with Crippen LogP contribution in [0.5, 0.6) is 0 Å². The molecule has 0 radical (unpaired) electrons. The Labute approximate surface area is 86.6 Å². The van der Waals surface area contributed by atoms with Crippen LogP contribution in [0.4, 0.5) is 0 Å². The first-order valence-corrected chi connectivity index (χ1v) is 4.17. The molecule has 7 heteroatoms. The maximum atomic E-state index is 10.0. The molecular formula is C7H14O6S. The number of carbonyl (C=O) groups is 2. The van der Waals surface area contributed by atoms with Crippen LogP contribution in [-0.2, 0) is 9.59 Å². The Morgan fingerprint density at radius 2 is 1.71 bits per heavy atom. The van der Waals surface area contributed by atoms with Crippen molar-refractivity contribution in [2.75, 3.05) is 6.61 Å². The number of aliphatic carboxylic acids is 1. The Balaban J connectivity index is 0.